The molecular formula is C30H25N7O2S. The average molecular weight is 548 g/mol. The highest BCUT2D eigenvalue weighted by Gasteiger charge is 2.18. The van der Waals surface area contributed by atoms with Crippen molar-refractivity contribution in [2.24, 2.45) is 0 Å². The molecule has 4 heterocycles. The van der Waals surface area contributed by atoms with E-state index in [1.807, 2.05) is 90.5 Å². The molecule has 0 radical (unpaired) electrons. The SMILES string of the molecule is Cc1ccn2c(CNC(=O)c3cnc(Nc4ccccc4C)c(NC(=O)c4csc5ccccc45)c3)nnc2c1. The maximum atomic E-state index is 13.4. The van der Waals surface area contributed by atoms with E-state index in [0.29, 0.717) is 34.1 Å². The second-order valence-corrected chi connectivity index (χ2v) is 10.3. The molecule has 0 aliphatic rings. The molecule has 0 spiro atoms. The number of benzene rings is 2. The number of aromatic nitrogens is 4. The summed E-state index contributed by atoms with van der Waals surface area (Å²) in [6.45, 7) is 4.14. The molecule has 0 aliphatic carbocycles. The number of amides is 2. The van der Waals surface area contributed by atoms with Crippen LogP contribution in [0.1, 0.15) is 37.7 Å². The fourth-order valence-corrected chi connectivity index (χ4v) is 5.33. The first kappa shape index (κ1) is 25.2. The summed E-state index contributed by atoms with van der Waals surface area (Å²) < 4.78 is 2.85. The average Bonchev–Trinajstić information content (AvgIpc) is 3.57. The molecule has 2 amide bonds. The lowest BCUT2D eigenvalue weighted by Crippen LogP contribution is -2.24. The van der Waals surface area contributed by atoms with E-state index in [2.05, 4.69) is 31.1 Å². The van der Waals surface area contributed by atoms with Gasteiger partial charge in [-0.3, -0.25) is 14.0 Å². The molecule has 10 heteroatoms. The summed E-state index contributed by atoms with van der Waals surface area (Å²) in [6.07, 6.45) is 3.36. The van der Waals surface area contributed by atoms with E-state index in [1.54, 1.807) is 6.07 Å². The zero-order valence-corrected chi connectivity index (χ0v) is 22.6. The summed E-state index contributed by atoms with van der Waals surface area (Å²) in [5.74, 6) is 0.398. The van der Waals surface area contributed by atoms with Crippen LogP contribution in [0.2, 0.25) is 0 Å². The third kappa shape index (κ3) is 4.99. The highest BCUT2D eigenvalue weighted by atomic mass is 32.1. The van der Waals surface area contributed by atoms with Gasteiger partial charge < -0.3 is 16.0 Å². The molecule has 0 atom stereocenters. The van der Waals surface area contributed by atoms with Gasteiger partial charge in [0, 0.05) is 33.5 Å². The summed E-state index contributed by atoms with van der Waals surface area (Å²) in [4.78, 5) is 31.1. The number of nitrogens with one attached hydrogen (secondary N) is 3. The number of pyridine rings is 2. The van der Waals surface area contributed by atoms with E-state index in [4.69, 9.17) is 0 Å². The Labute approximate surface area is 233 Å². The standard InChI is InChI=1S/C30H25N7O2S/c1-18-11-12-37-26(13-18)35-36-27(37)16-32-29(38)20-14-24(28(31-15-20)33-23-9-5-3-7-19(23)2)34-30(39)22-17-40-25-10-6-4-8-21(22)25/h3-15,17H,16H2,1-2H3,(H,31,33)(H,32,38)(H,34,39). The molecule has 0 saturated carbocycles. The number of carbonyl (C=O) groups excluding carboxylic acids is 2. The number of fused-ring (bicyclic) bond motifs is 2. The maximum Gasteiger partial charge on any atom is 0.257 e. The Balaban J connectivity index is 1.28. The lowest BCUT2D eigenvalue weighted by atomic mass is 10.1. The van der Waals surface area contributed by atoms with Crippen molar-refractivity contribution in [2.45, 2.75) is 20.4 Å². The van der Waals surface area contributed by atoms with Crippen LogP contribution in [0.4, 0.5) is 17.2 Å². The Morgan fingerprint density at radius 1 is 0.925 bits per heavy atom. The quantitative estimate of drug-likeness (QED) is 0.230. The first-order valence-electron chi connectivity index (χ1n) is 12.6. The van der Waals surface area contributed by atoms with Crippen molar-refractivity contribution in [1.29, 1.82) is 0 Å². The lowest BCUT2D eigenvalue weighted by Gasteiger charge is -2.15. The minimum atomic E-state index is -0.352. The van der Waals surface area contributed by atoms with E-state index in [-0.39, 0.29) is 18.4 Å². The van der Waals surface area contributed by atoms with Crippen LogP contribution in [-0.4, -0.2) is 31.4 Å². The van der Waals surface area contributed by atoms with Crippen LogP contribution in [0, 0.1) is 13.8 Å². The Bertz CT molecular complexity index is 1890. The molecule has 0 fully saturated rings. The van der Waals surface area contributed by atoms with Gasteiger partial charge in [-0.1, -0.05) is 36.4 Å². The number of hydrogen-bond donors (Lipinski definition) is 3. The molecule has 2 aromatic carbocycles. The second-order valence-electron chi connectivity index (χ2n) is 9.39. The zero-order valence-electron chi connectivity index (χ0n) is 21.8. The summed E-state index contributed by atoms with van der Waals surface area (Å²) in [5.41, 5.74) is 4.89. The van der Waals surface area contributed by atoms with Crippen LogP contribution < -0.4 is 16.0 Å². The summed E-state index contributed by atoms with van der Waals surface area (Å²) in [7, 11) is 0. The second kappa shape index (κ2) is 10.6. The van der Waals surface area contributed by atoms with Gasteiger partial charge >= 0.3 is 0 Å². The smallest absolute Gasteiger partial charge is 0.257 e. The van der Waals surface area contributed by atoms with E-state index < -0.39 is 0 Å². The van der Waals surface area contributed by atoms with Gasteiger partial charge in [-0.05, 0) is 55.3 Å². The van der Waals surface area contributed by atoms with Crippen LogP contribution in [0.25, 0.3) is 15.7 Å². The molecule has 198 valence electrons. The van der Waals surface area contributed by atoms with Gasteiger partial charge in [-0.25, -0.2) is 4.98 Å². The molecule has 4 aromatic heterocycles. The number of carbonyl (C=O) groups is 2. The predicted octanol–water partition coefficient (Wildman–Crippen LogP) is 5.88. The predicted molar refractivity (Wildman–Crippen MR) is 157 cm³/mol. The number of anilines is 3. The number of aryl methyl sites for hydroxylation is 2. The van der Waals surface area contributed by atoms with Crippen LogP contribution in [-0.2, 0) is 6.54 Å². The van der Waals surface area contributed by atoms with Gasteiger partial charge in [0.25, 0.3) is 11.8 Å². The largest absolute Gasteiger partial charge is 0.345 e. The first-order valence-corrected chi connectivity index (χ1v) is 13.5. The summed E-state index contributed by atoms with van der Waals surface area (Å²) >= 11 is 1.51. The van der Waals surface area contributed by atoms with Gasteiger partial charge in [0.05, 0.1) is 23.4 Å². The highest BCUT2D eigenvalue weighted by molar-refractivity contribution is 7.17. The summed E-state index contributed by atoms with van der Waals surface area (Å²) in [6, 6.07) is 21.0. The van der Waals surface area contributed by atoms with Crippen LogP contribution >= 0.6 is 11.3 Å². The van der Waals surface area contributed by atoms with Crippen LogP contribution in [0.3, 0.4) is 0 Å². The van der Waals surface area contributed by atoms with Gasteiger partial charge in [0.1, 0.15) is 0 Å². The fraction of sp³-hybridized carbons (Fsp3) is 0.100. The van der Waals surface area contributed by atoms with E-state index in [9.17, 15) is 9.59 Å². The van der Waals surface area contributed by atoms with Crippen molar-refractivity contribution in [3.05, 3.63) is 113 Å². The lowest BCUT2D eigenvalue weighted by molar-refractivity contribution is 0.0948. The van der Waals surface area contributed by atoms with E-state index in [0.717, 1.165) is 26.9 Å². The number of rotatable bonds is 7. The number of para-hydroxylation sites is 1. The molecule has 0 aliphatic heterocycles. The van der Waals surface area contributed by atoms with Crippen molar-refractivity contribution >= 4 is 56.1 Å². The third-order valence-corrected chi connectivity index (χ3v) is 7.53. The van der Waals surface area contributed by atoms with Crippen LogP contribution in [0.5, 0.6) is 0 Å². The van der Waals surface area contributed by atoms with Crippen molar-refractivity contribution in [2.75, 3.05) is 10.6 Å². The molecule has 6 rings (SSSR count). The number of hydrogen-bond acceptors (Lipinski definition) is 7. The Morgan fingerprint density at radius 3 is 2.62 bits per heavy atom. The fourth-order valence-electron chi connectivity index (χ4n) is 4.39. The molecule has 6 aromatic rings. The number of thiophene rings is 1. The van der Waals surface area contributed by atoms with Crippen molar-refractivity contribution < 1.29 is 9.59 Å². The van der Waals surface area contributed by atoms with Crippen molar-refractivity contribution in [1.82, 2.24) is 24.9 Å². The Morgan fingerprint density at radius 2 is 1.75 bits per heavy atom. The topological polar surface area (TPSA) is 113 Å². The minimum absolute atomic E-state index is 0.175. The first-order chi connectivity index (χ1) is 19.5. The van der Waals surface area contributed by atoms with E-state index >= 15 is 0 Å². The Kier molecular flexibility index (Phi) is 6.67. The third-order valence-electron chi connectivity index (χ3n) is 6.56. The maximum absolute atomic E-state index is 13.4. The van der Waals surface area contributed by atoms with Gasteiger partial charge in [-0.15, -0.1) is 21.5 Å². The molecule has 40 heavy (non-hydrogen) atoms. The molecular weight excluding hydrogens is 522 g/mol. The molecule has 3 N–H and O–H groups in total. The normalized spacial score (nSPS) is 11.1. The van der Waals surface area contributed by atoms with Crippen LogP contribution in [0.15, 0.2) is 84.5 Å². The Hall–Kier alpha value is -5.09. The van der Waals surface area contributed by atoms with Crippen molar-refractivity contribution in [3.63, 3.8) is 0 Å². The number of nitrogens with zero attached hydrogens (tertiary/aromatic N) is 4. The molecule has 0 bridgehead atoms. The zero-order chi connectivity index (χ0) is 27.6. The van der Waals surface area contributed by atoms with Gasteiger partial charge in [0.15, 0.2) is 17.3 Å². The highest BCUT2D eigenvalue weighted by Crippen LogP contribution is 2.29. The van der Waals surface area contributed by atoms with Gasteiger partial charge in [0.2, 0.25) is 0 Å². The minimum Gasteiger partial charge on any atom is -0.345 e. The van der Waals surface area contributed by atoms with Crippen molar-refractivity contribution in [3.8, 4) is 0 Å². The monoisotopic (exact) mass is 547 g/mol. The molecule has 0 unspecified atom stereocenters. The van der Waals surface area contributed by atoms with Gasteiger partial charge in [-0.2, -0.15) is 0 Å². The molecule has 9 nitrogen and oxygen atoms in total. The summed E-state index contributed by atoms with van der Waals surface area (Å²) in [5, 5.41) is 20.2. The molecule has 0 saturated heterocycles. The van der Waals surface area contributed by atoms with E-state index in [1.165, 1.54) is 17.5 Å².